The van der Waals surface area contributed by atoms with E-state index in [4.69, 9.17) is 9.15 Å². The van der Waals surface area contributed by atoms with Gasteiger partial charge in [0.2, 0.25) is 0 Å². The van der Waals surface area contributed by atoms with Crippen LogP contribution in [0.2, 0.25) is 0 Å². The van der Waals surface area contributed by atoms with Gasteiger partial charge in [-0.3, -0.25) is 0 Å². The number of hydrogen-bond acceptors (Lipinski definition) is 5. The van der Waals surface area contributed by atoms with Crippen LogP contribution >= 0.6 is 20.4 Å². The van der Waals surface area contributed by atoms with Crippen molar-refractivity contribution in [2.75, 3.05) is 4.93 Å². The molecule has 132 valence electrons. The van der Waals surface area contributed by atoms with Gasteiger partial charge in [0.1, 0.15) is 0 Å². The molecule has 1 aliphatic carbocycles. The number of carbonyl (C=O) groups excluding carboxylic acids is 1. The van der Waals surface area contributed by atoms with Crippen LogP contribution in [-0.4, -0.2) is 18.0 Å². The second-order valence-electron chi connectivity index (χ2n) is 7.03. The second-order valence-corrected chi connectivity index (χ2v) is 14.6. The maximum atomic E-state index is 13.3. The van der Waals surface area contributed by atoms with E-state index in [-0.39, 0.29) is 34.3 Å². The number of fused-ring (bicyclic) bond motifs is 3. The molecule has 1 unspecified atom stereocenters. The van der Waals surface area contributed by atoms with E-state index in [9.17, 15) is 4.79 Å². The number of esters is 1. The molecule has 5 nitrogen and oxygen atoms in total. The Bertz CT molecular complexity index is 794. The molecule has 0 radical (unpaired) electrons. The van der Waals surface area contributed by atoms with Crippen LogP contribution in [0.15, 0.2) is 22.6 Å². The van der Waals surface area contributed by atoms with E-state index in [0.29, 0.717) is 0 Å². The van der Waals surface area contributed by atoms with Crippen molar-refractivity contribution in [1.29, 1.82) is 0 Å². The molecule has 3 aliphatic rings. The van der Waals surface area contributed by atoms with Gasteiger partial charge in [0.05, 0.1) is 0 Å². The Morgan fingerprint density at radius 3 is 2.54 bits per heavy atom. The van der Waals surface area contributed by atoms with Crippen LogP contribution in [0.5, 0.6) is 0 Å². The van der Waals surface area contributed by atoms with Crippen LogP contribution in [0.1, 0.15) is 44.6 Å². The van der Waals surface area contributed by atoms with Crippen molar-refractivity contribution < 1.29 is 35.2 Å². The topological polar surface area (TPSA) is 83.3 Å². The standard InChI is InChI=1S/C17H21I2N2O3/c1-15(18-2,17-19(20-17)21-17)14(22)24-16(8-4-3-5-9-16)12-10-11-6-7-13(12)23-11/h6-7,10,20-21H,3-5,8-9H2,1-2H3/q-1. The van der Waals surface area contributed by atoms with Gasteiger partial charge in [-0.25, -0.2) is 0 Å². The predicted octanol–water partition coefficient (Wildman–Crippen LogP) is 0.247. The van der Waals surface area contributed by atoms with Gasteiger partial charge in [-0.2, -0.15) is 0 Å². The third-order valence-electron chi connectivity index (χ3n) is 5.69. The molecular weight excluding hydrogens is 534 g/mol. The third kappa shape index (κ3) is 2.07. The summed E-state index contributed by atoms with van der Waals surface area (Å²) in [7, 11) is 0. The molecule has 0 aromatic carbocycles. The Morgan fingerprint density at radius 1 is 1.33 bits per heavy atom. The predicted molar refractivity (Wildman–Crippen MR) is 95.6 cm³/mol. The summed E-state index contributed by atoms with van der Waals surface area (Å²) < 4.78 is 18.9. The maximum absolute atomic E-state index is 13.3. The summed E-state index contributed by atoms with van der Waals surface area (Å²) in [5.74, 6) is -0.00440. The molecule has 2 N–H and O–H groups in total. The van der Waals surface area contributed by atoms with Crippen LogP contribution in [-0.2, 0) is 15.1 Å². The summed E-state index contributed by atoms with van der Waals surface area (Å²) in [4.78, 5) is 15.5. The van der Waals surface area contributed by atoms with Gasteiger partial charge >= 0.3 is 160 Å². The third-order valence-corrected chi connectivity index (χ3v) is 15.0. The van der Waals surface area contributed by atoms with Gasteiger partial charge in [-0.05, 0) is 0 Å². The molecule has 3 fully saturated rings. The van der Waals surface area contributed by atoms with Crippen molar-refractivity contribution in [3.63, 3.8) is 0 Å². The average molecular weight is 555 g/mol. The zero-order valence-electron chi connectivity index (χ0n) is 13.7. The number of rotatable bonds is 5. The van der Waals surface area contributed by atoms with Crippen molar-refractivity contribution in [3.05, 3.63) is 23.8 Å². The molecule has 7 heteroatoms. The van der Waals surface area contributed by atoms with Crippen molar-refractivity contribution in [3.8, 4) is 0 Å². The molecule has 2 aliphatic heterocycles. The number of hydrogen-bond donors (Lipinski definition) is 2. The number of ether oxygens (including phenoxy) is 1. The second kappa shape index (κ2) is 5.20. The molecule has 1 atom stereocenters. The number of carbonyl (C=O) groups is 1. The summed E-state index contributed by atoms with van der Waals surface area (Å²) in [5.41, 5.74) is 2.36. The van der Waals surface area contributed by atoms with E-state index in [1.807, 2.05) is 12.1 Å². The zero-order valence-corrected chi connectivity index (χ0v) is 18.1. The zero-order chi connectivity index (χ0) is 16.6. The van der Waals surface area contributed by atoms with E-state index < -0.39 is 26.0 Å². The molecule has 4 heterocycles. The molecule has 2 bridgehead atoms. The van der Waals surface area contributed by atoms with Crippen LogP contribution in [0.25, 0.3) is 11.2 Å². The molecule has 0 amide bonds. The molecule has 24 heavy (non-hydrogen) atoms. The van der Waals surface area contributed by atoms with Crippen LogP contribution in [0.3, 0.4) is 0 Å². The van der Waals surface area contributed by atoms with Crippen LogP contribution in [0.4, 0.5) is 0 Å². The first kappa shape index (κ1) is 16.1. The minimum absolute atomic E-state index is 0.00440. The normalized spacial score (nSPS) is 27.7. The Kier molecular flexibility index (Phi) is 3.48. The van der Waals surface area contributed by atoms with Gasteiger partial charge in [-0.1, -0.05) is 0 Å². The Morgan fingerprint density at radius 2 is 2.04 bits per heavy atom. The van der Waals surface area contributed by atoms with Gasteiger partial charge < -0.3 is 0 Å². The summed E-state index contributed by atoms with van der Waals surface area (Å²) in [5, 5.41) is 0. The summed E-state index contributed by atoms with van der Waals surface area (Å²) >= 11 is -1.45. The van der Waals surface area contributed by atoms with Gasteiger partial charge in [0.15, 0.2) is 0 Å². The minimum atomic E-state index is -1.18. The monoisotopic (exact) mass is 555 g/mol. The molecule has 2 aromatic heterocycles. The van der Waals surface area contributed by atoms with E-state index in [0.717, 1.165) is 42.4 Å². The average Bonchev–Trinajstić information content (AvgIpc) is 3.36. The van der Waals surface area contributed by atoms with Crippen LogP contribution in [0, 0.1) is 0 Å². The SMILES string of the molecule is C[I-]C(C)(C(=O)OC1(c2cc3ccc2o3)CCCCC1)C12NI1N2. The Hall–Kier alpha value is -0.130. The van der Waals surface area contributed by atoms with E-state index in [2.05, 4.69) is 25.0 Å². The molecule has 2 saturated heterocycles. The summed E-state index contributed by atoms with van der Waals surface area (Å²) in [6, 6.07) is 6.07. The van der Waals surface area contributed by atoms with E-state index >= 15 is 0 Å². The number of nitrogens with one attached hydrogen (secondary N) is 2. The number of benzene rings is 1. The first-order valence-corrected chi connectivity index (χ1v) is 14.8. The fraction of sp³-hybridized carbons (Fsp3) is 0.588. The quantitative estimate of drug-likeness (QED) is 0.138. The first-order chi connectivity index (χ1) is 11.5. The van der Waals surface area contributed by atoms with E-state index in [1.54, 1.807) is 0 Å². The van der Waals surface area contributed by atoms with Crippen LogP contribution < -0.4 is 28.3 Å². The fourth-order valence-electron chi connectivity index (χ4n) is 3.89. The van der Waals surface area contributed by atoms with Crippen molar-refractivity contribution >= 4 is 37.5 Å². The first-order valence-electron chi connectivity index (χ1n) is 8.35. The molecular formula is C17H21I2N2O3-. The van der Waals surface area contributed by atoms with Gasteiger partial charge in [0.25, 0.3) is 0 Å². The number of furan rings is 2. The van der Waals surface area contributed by atoms with Crippen molar-refractivity contribution in [2.24, 2.45) is 0 Å². The van der Waals surface area contributed by atoms with Gasteiger partial charge in [0, 0.05) is 0 Å². The van der Waals surface area contributed by atoms with E-state index in [1.165, 1.54) is 6.42 Å². The molecule has 5 rings (SSSR count). The Labute approximate surface area is 159 Å². The number of halogens is 2. The van der Waals surface area contributed by atoms with Crippen molar-refractivity contribution in [1.82, 2.24) is 7.06 Å². The van der Waals surface area contributed by atoms with Crippen molar-refractivity contribution in [2.45, 2.75) is 51.7 Å². The molecule has 2 aromatic rings. The number of alkyl halides is 3. The Balaban J connectivity index is 1.49. The summed E-state index contributed by atoms with van der Waals surface area (Å²) in [6.07, 6.45) is 5.25. The molecule has 1 saturated carbocycles. The fourth-order valence-corrected chi connectivity index (χ4v) is 14.2. The molecule has 0 spiro atoms. The van der Waals surface area contributed by atoms with Gasteiger partial charge in [-0.15, -0.1) is 0 Å². The summed E-state index contributed by atoms with van der Waals surface area (Å²) in [6.45, 7) is 2.11.